The molecule has 0 spiro atoms. The number of amides is 3. The van der Waals surface area contributed by atoms with Gasteiger partial charge in [-0.3, -0.25) is 25.2 Å². The average molecular weight is 442 g/mol. The number of carbonyl (C=O) groups is 3. The van der Waals surface area contributed by atoms with Gasteiger partial charge in [-0.1, -0.05) is 18.2 Å². The fourth-order valence-corrected chi connectivity index (χ4v) is 3.27. The molecular weight excluding hydrogens is 420 g/mol. The summed E-state index contributed by atoms with van der Waals surface area (Å²) in [5, 5.41) is 8.81. The quantitative estimate of drug-likeness (QED) is 0.596. The number of benzene rings is 2. The van der Waals surface area contributed by atoms with E-state index >= 15 is 0 Å². The maximum absolute atomic E-state index is 12.5. The molecule has 0 bridgehead atoms. The van der Waals surface area contributed by atoms with Crippen LogP contribution >= 0.6 is 0 Å². The maximum atomic E-state index is 12.5. The smallest absolute Gasteiger partial charge is 0.269 e. The Morgan fingerprint density at radius 2 is 1.61 bits per heavy atom. The maximum Gasteiger partial charge on any atom is 0.269 e. The molecule has 9 nitrogen and oxygen atoms in total. The minimum absolute atomic E-state index is 0.0750. The van der Waals surface area contributed by atoms with Crippen molar-refractivity contribution in [3.63, 3.8) is 0 Å². The Balaban J connectivity index is 1.87. The van der Waals surface area contributed by atoms with Crippen LogP contribution in [0.25, 0.3) is 0 Å². The number of hydrazine groups is 1. The molecule has 2 aromatic rings. The van der Waals surface area contributed by atoms with Gasteiger partial charge in [-0.05, 0) is 36.4 Å². The van der Waals surface area contributed by atoms with Crippen LogP contribution in [0.3, 0.4) is 0 Å². The first-order valence-corrected chi connectivity index (χ1v) is 11.2. The van der Waals surface area contributed by atoms with Crippen LogP contribution in [0.15, 0.2) is 59.5 Å². The second-order valence-electron chi connectivity index (χ2n) is 6.59. The lowest BCUT2D eigenvalue weighted by molar-refractivity contribution is -0.125. The lowest BCUT2D eigenvalue weighted by Crippen LogP contribution is -2.42. The number of hydrogen-bond donors (Lipinski definition) is 2. The molecule has 10 heteroatoms. The summed E-state index contributed by atoms with van der Waals surface area (Å²) < 4.78 is 22.9. The van der Waals surface area contributed by atoms with Crippen molar-refractivity contribution < 1.29 is 22.8 Å². The van der Waals surface area contributed by atoms with Crippen molar-refractivity contribution in [2.45, 2.75) is 24.2 Å². The zero-order valence-electron chi connectivity index (χ0n) is 16.9. The molecule has 0 atom stereocenters. The van der Waals surface area contributed by atoms with Crippen molar-refractivity contribution in [1.82, 2.24) is 10.9 Å². The highest BCUT2D eigenvalue weighted by atomic mass is 32.2. The fourth-order valence-electron chi connectivity index (χ4n) is 2.64. The van der Waals surface area contributed by atoms with Gasteiger partial charge in [0.1, 0.15) is 0 Å². The summed E-state index contributed by atoms with van der Waals surface area (Å²) in [4.78, 5) is 38.1. The molecule has 3 amide bonds. The summed E-state index contributed by atoms with van der Waals surface area (Å²) >= 11 is 0. The van der Waals surface area contributed by atoms with Crippen molar-refractivity contribution in [2.24, 2.45) is 0 Å². The van der Waals surface area contributed by atoms with Crippen LogP contribution in [0.4, 0.5) is 5.69 Å². The van der Waals surface area contributed by atoms with E-state index in [2.05, 4.69) is 10.9 Å². The number of nitrogens with one attached hydrogen (secondary N) is 2. The van der Waals surface area contributed by atoms with Crippen LogP contribution in [-0.4, -0.2) is 38.9 Å². The van der Waals surface area contributed by atoms with Gasteiger partial charge in [-0.15, -0.1) is 0 Å². The number of anilines is 1. The van der Waals surface area contributed by atoms with Crippen molar-refractivity contribution >= 4 is 33.2 Å². The molecule has 2 aromatic carbocycles. The predicted octanol–water partition coefficient (Wildman–Crippen LogP) is 1.58. The molecule has 0 aliphatic rings. The van der Waals surface area contributed by atoms with E-state index < -0.39 is 21.7 Å². The normalized spacial score (nSPS) is 10.6. The summed E-state index contributed by atoms with van der Waals surface area (Å²) in [5.41, 5.74) is 5.24. The molecule has 0 aliphatic carbocycles. The second-order valence-corrected chi connectivity index (χ2v) is 8.60. The summed E-state index contributed by atoms with van der Waals surface area (Å²) in [7, 11) is -3.37. The van der Waals surface area contributed by atoms with Crippen molar-refractivity contribution in [1.29, 1.82) is 5.26 Å². The summed E-state index contributed by atoms with van der Waals surface area (Å²) in [5.74, 6) is -1.51. The average Bonchev–Trinajstić information content (AvgIpc) is 2.76. The highest BCUT2D eigenvalue weighted by Crippen LogP contribution is 2.15. The lowest BCUT2D eigenvalue weighted by Gasteiger charge is -2.21. The lowest BCUT2D eigenvalue weighted by atomic mass is 10.2. The van der Waals surface area contributed by atoms with Gasteiger partial charge in [0, 0.05) is 36.9 Å². The third-order valence-corrected chi connectivity index (χ3v) is 5.37. The molecule has 0 saturated heterocycles. The Kier molecular flexibility index (Phi) is 8.28. The number of sulfone groups is 1. The molecular formula is C21H22N4O5S. The topological polar surface area (TPSA) is 136 Å². The first kappa shape index (κ1) is 23.6. The van der Waals surface area contributed by atoms with E-state index in [0.29, 0.717) is 5.69 Å². The van der Waals surface area contributed by atoms with E-state index in [4.69, 9.17) is 5.26 Å². The predicted molar refractivity (Wildman–Crippen MR) is 113 cm³/mol. The third kappa shape index (κ3) is 7.24. The fraction of sp³-hybridized carbons (Fsp3) is 0.238. The molecule has 0 heterocycles. The van der Waals surface area contributed by atoms with E-state index in [9.17, 15) is 22.8 Å². The molecule has 31 heavy (non-hydrogen) atoms. The molecule has 0 fully saturated rings. The van der Waals surface area contributed by atoms with Gasteiger partial charge in [-0.25, -0.2) is 8.42 Å². The largest absolute Gasteiger partial charge is 0.311 e. The van der Waals surface area contributed by atoms with Gasteiger partial charge in [0.25, 0.3) is 5.91 Å². The Hall–Kier alpha value is -3.71. The highest BCUT2D eigenvalue weighted by molar-refractivity contribution is 7.90. The van der Waals surface area contributed by atoms with Crippen LogP contribution in [0.5, 0.6) is 0 Å². The summed E-state index contributed by atoms with van der Waals surface area (Å²) in [6.07, 6.45) is 0.941. The van der Waals surface area contributed by atoms with Crippen LogP contribution in [-0.2, 0) is 19.4 Å². The van der Waals surface area contributed by atoms with E-state index in [1.165, 1.54) is 29.2 Å². The zero-order valence-corrected chi connectivity index (χ0v) is 17.7. The third-order valence-electron chi connectivity index (χ3n) is 4.24. The number of rotatable bonds is 8. The first-order valence-electron chi connectivity index (χ1n) is 9.34. The Labute approximate surface area is 180 Å². The standard InChI is InChI=1S/C21H22N4O5S/c1-31(29,30)18-10-8-16(9-11-18)21(28)24-23-19(26)12-13-20(27)25(15-5-14-22)17-6-3-2-4-7-17/h2-4,6-11H,5,12-13,15H2,1H3,(H,23,26)(H,24,28). The van der Waals surface area contributed by atoms with Crippen LogP contribution in [0.2, 0.25) is 0 Å². The zero-order chi connectivity index (χ0) is 22.9. The van der Waals surface area contributed by atoms with Crippen molar-refractivity contribution in [3.8, 4) is 6.07 Å². The summed E-state index contributed by atoms with van der Waals surface area (Å²) in [6, 6.07) is 16.1. The monoisotopic (exact) mass is 442 g/mol. The van der Waals surface area contributed by atoms with Gasteiger partial charge >= 0.3 is 0 Å². The molecule has 2 N–H and O–H groups in total. The highest BCUT2D eigenvalue weighted by Gasteiger charge is 2.17. The van der Waals surface area contributed by atoms with E-state index in [1.807, 2.05) is 6.07 Å². The Morgan fingerprint density at radius 3 is 2.19 bits per heavy atom. The molecule has 0 aliphatic heterocycles. The van der Waals surface area contributed by atoms with Crippen molar-refractivity contribution in [3.05, 3.63) is 60.2 Å². The van der Waals surface area contributed by atoms with Gasteiger partial charge in [0.05, 0.1) is 17.4 Å². The Bertz CT molecular complexity index is 1080. The first-order chi connectivity index (χ1) is 14.7. The van der Waals surface area contributed by atoms with Gasteiger partial charge in [-0.2, -0.15) is 5.26 Å². The van der Waals surface area contributed by atoms with Gasteiger partial charge in [0.15, 0.2) is 9.84 Å². The van der Waals surface area contributed by atoms with E-state index in [1.54, 1.807) is 30.3 Å². The van der Waals surface area contributed by atoms with Gasteiger partial charge in [0.2, 0.25) is 11.8 Å². The number of nitriles is 1. The number of hydrogen-bond acceptors (Lipinski definition) is 6. The molecule has 0 saturated carbocycles. The van der Waals surface area contributed by atoms with Crippen LogP contribution in [0.1, 0.15) is 29.6 Å². The molecule has 2 rings (SSSR count). The van der Waals surface area contributed by atoms with Crippen LogP contribution in [0, 0.1) is 11.3 Å². The molecule has 0 aromatic heterocycles. The molecule has 0 radical (unpaired) electrons. The van der Waals surface area contributed by atoms with Crippen LogP contribution < -0.4 is 15.8 Å². The van der Waals surface area contributed by atoms with E-state index in [-0.39, 0.29) is 42.2 Å². The minimum atomic E-state index is -3.37. The van der Waals surface area contributed by atoms with E-state index in [0.717, 1.165) is 6.26 Å². The summed E-state index contributed by atoms with van der Waals surface area (Å²) in [6.45, 7) is 0.210. The van der Waals surface area contributed by atoms with Crippen molar-refractivity contribution in [2.75, 3.05) is 17.7 Å². The number of para-hydroxylation sites is 1. The second kappa shape index (κ2) is 10.9. The number of nitrogens with zero attached hydrogens (tertiary/aromatic N) is 2. The van der Waals surface area contributed by atoms with Gasteiger partial charge < -0.3 is 4.90 Å². The number of carbonyl (C=O) groups excluding carboxylic acids is 3. The molecule has 162 valence electrons. The minimum Gasteiger partial charge on any atom is -0.311 e. The SMILES string of the molecule is CS(=O)(=O)c1ccc(C(=O)NNC(=O)CCC(=O)N(CCC#N)c2ccccc2)cc1. The Morgan fingerprint density at radius 1 is 0.968 bits per heavy atom. The molecule has 0 unspecified atom stereocenters.